The lowest BCUT2D eigenvalue weighted by Crippen LogP contribution is -1.98. The van der Waals surface area contributed by atoms with Crippen molar-refractivity contribution in [1.82, 2.24) is 20.2 Å². The quantitative estimate of drug-likeness (QED) is 0.422. The van der Waals surface area contributed by atoms with Crippen LogP contribution in [0.4, 0.5) is 5.69 Å². The van der Waals surface area contributed by atoms with E-state index in [2.05, 4.69) is 25.4 Å². The Bertz CT molecular complexity index is 506. The van der Waals surface area contributed by atoms with Crippen LogP contribution in [-0.4, -0.2) is 20.2 Å². The van der Waals surface area contributed by atoms with Gasteiger partial charge in [0.1, 0.15) is 0 Å². The summed E-state index contributed by atoms with van der Waals surface area (Å²) in [5.41, 5.74) is 9.55. The van der Waals surface area contributed by atoms with Crippen molar-refractivity contribution in [2.75, 3.05) is 0 Å². The Morgan fingerprint density at radius 3 is 2.60 bits per heavy atom. The summed E-state index contributed by atoms with van der Waals surface area (Å²) >= 11 is 0. The number of benzene rings is 1. The van der Waals surface area contributed by atoms with E-state index >= 15 is 0 Å². The van der Waals surface area contributed by atoms with E-state index in [9.17, 15) is 0 Å². The first-order valence-corrected chi connectivity index (χ1v) is 4.22. The Kier molecular flexibility index (Phi) is 2.30. The first-order valence-electron chi connectivity index (χ1n) is 4.22. The lowest BCUT2D eigenvalue weighted by atomic mass is 10.3. The first-order chi connectivity index (χ1) is 7.29. The predicted molar refractivity (Wildman–Crippen MR) is 52.7 cm³/mol. The third kappa shape index (κ3) is 1.92. The second kappa shape index (κ2) is 3.77. The molecule has 0 fully saturated rings. The Balaban J connectivity index is 2.35. The number of tetrazole rings is 1. The largest absolute Gasteiger partial charge is 0.172 e. The maximum atomic E-state index is 8.23. The van der Waals surface area contributed by atoms with Crippen molar-refractivity contribution >= 4 is 5.69 Å². The van der Waals surface area contributed by atoms with Crippen LogP contribution in [0, 0.1) is 6.92 Å². The van der Waals surface area contributed by atoms with Crippen LogP contribution in [0.25, 0.3) is 16.1 Å². The van der Waals surface area contributed by atoms with Crippen LogP contribution in [0.1, 0.15) is 5.82 Å². The number of hydrogen-bond acceptors (Lipinski definition) is 4. The molecule has 2 aromatic rings. The molecule has 0 saturated heterocycles. The van der Waals surface area contributed by atoms with Crippen LogP contribution in [0.5, 0.6) is 0 Å². The highest BCUT2D eigenvalue weighted by Gasteiger charge is 1.99. The van der Waals surface area contributed by atoms with E-state index in [0.717, 1.165) is 5.69 Å². The van der Waals surface area contributed by atoms with Crippen LogP contribution < -0.4 is 0 Å². The van der Waals surface area contributed by atoms with Crippen molar-refractivity contribution < 1.29 is 0 Å². The van der Waals surface area contributed by atoms with Gasteiger partial charge in [0.2, 0.25) is 0 Å². The van der Waals surface area contributed by atoms with Crippen molar-refractivity contribution in [2.45, 2.75) is 6.92 Å². The lowest BCUT2D eigenvalue weighted by Gasteiger charge is -1.97. The molecule has 0 saturated carbocycles. The lowest BCUT2D eigenvalue weighted by molar-refractivity contribution is 0.719. The van der Waals surface area contributed by atoms with Gasteiger partial charge in [0.25, 0.3) is 0 Å². The van der Waals surface area contributed by atoms with Gasteiger partial charge in [0.05, 0.1) is 5.69 Å². The fraction of sp³-hybridized carbons (Fsp3) is 0.125. The van der Waals surface area contributed by atoms with Gasteiger partial charge in [-0.15, -0.1) is 15.0 Å². The van der Waals surface area contributed by atoms with Gasteiger partial charge in [0.15, 0.2) is 5.82 Å². The van der Waals surface area contributed by atoms with E-state index in [-0.39, 0.29) is 0 Å². The van der Waals surface area contributed by atoms with E-state index in [4.69, 9.17) is 5.53 Å². The molecule has 0 unspecified atom stereocenters. The molecule has 1 aromatic heterocycles. The molecule has 0 amide bonds. The second-order valence-corrected chi connectivity index (χ2v) is 2.83. The van der Waals surface area contributed by atoms with Crippen molar-refractivity contribution in [3.8, 4) is 5.69 Å². The predicted octanol–water partition coefficient (Wildman–Crippen LogP) is 1.91. The van der Waals surface area contributed by atoms with Gasteiger partial charge >= 0.3 is 0 Å². The standard InChI is InChI=1S/C8H7N7/c1-6-10-14-15(12-6)8-4-2-7(3-5-8)11-13-9/h2-5H,1H3. The Morgan fingerprint density at radius 2 is 2.07 bits per heavy atom. The van der Waals surface area contributed by atoms with E-state index in [1.54, 1.807) is 31.2 Å². The maximum absolute atomic E-state index is 8.23. The summed E-state index contributed by atoms with van der Waals surface area (Å²) < 4.78 is 0. The Morgan fingerprint density at radius 1 is 1.33 bits per heavy atom. The fourth-order valence-corrected chi connectivity index (χ4v) is 1.10. The topological polar surface area (TPSA) is 92.4 Å². The van der Waals surface area contributed by atoms with Crippen molar-refractivity contribution in [1.29, 1.82) is 0 Å². The molecule has 0 aliphatic rings. The molecule has 0 atom stereocenters. The van der Waals surface area contributed by atoms with Crippen molar-refractivity contribution in [3.05, 3.63) is 40.5 Å². The van der Waals surface area contributed by atoms with Crippen molar-refractivity contribution in [3.63, 3.8) is 0 Å². The van der Waals surface area contributed by atoms with Gasteiger partial charge in [-0.1, -0.05) is 17.2 Å². The molecule has 7 heteroatoms. The summed E-state index contributed by atoms with van der Waals surface area (Å²) in [6.45, 7) is 1.76. The number of aryl methyl sites for hydroxylation is 1. The maximum Gasteiger partial charge on any atom is 0.172 e. The van der Waals surface area contributed by atoms with Crippen molar-refractivity contribution in [2.24, 2.45) is 5.11 Å². The molecule has 0 bridgehead atoms. The highest BCUT2D eigenvalue weighted by atomic mass is 15.6. The molecular weight excluding hydrogens is 194 g/mol. The summed E-state index contributed by atoms with van der Waals surface area (Å²) in [4.78, 5) is 4.10. The number of nitrogens with zero attached hydrogens (tertiary/aromatic N) is 7. The van der Waals surface area contributed by atoms with E-state index < -0.39 is 0 Å². The number of hydrogen-bond donors (Lipinski definition) is 0. The molecule has 0 N–H and O–H groups in total. The number of rotatable bonds is 2. The smallest absolute Gasteiger partial charge is 0.132 e. The zero-order chi connectivity index (χ0) is 10.7. The minimum absolute atomic E-state index is 0.554. The van der Waals surface area contributed by atoms with Crippen LogP contribution in [0.3, 0.4) is 0 Å². The van der Waals surface area contributed by atoms with Gasteiger partial charge in [-0.3, -0.25) is 0 Å². The zero-order valence-electron chi connectivity index (χ0n) is 7.94. The van der Waals surface area contributed by atoms with Crippen LogP contribution in [0.15, 0.2) is 29.4 Å². The minimum Gasteiger partial charge on any atom is -0.132 e. The summed E-state index contributed by atoms with van der Waals surface area (Å²) in [7, 11) is 0. The number of azide groups is 1. The molecule has 74 valence electrons. The average molecular weight is 201 g/mol. The third-order valence-electron chi connectivity index (χ3n) is 1.75. The van der Waals surface area contributed by atoms with Crippen LogP contribution >= 0.6 is 0 Å². The highest BCUT2D eigenvalue weighted by molar-refractivity contribution is 5.43. The molecule has 7 nitrogen and oxygen atoms in total. The van der Waals surface area contributed by atoms with Gasteiger partial charge in [-0.25, -0.2) is 0 Å². The molecule has 0 radical (unpaired) electrons. The van der Waals surface area contributed by atoms with Gasteiger partial charge < -0.3 is 0 Å². The second-order valence-electron chi connectivity index (χ2n) is 2.83. The fourth-order valence-electron chi connectivity index (χ4n) is 1.10. The summed E-state index contributed by atoms with van der Waals surface area (Å²) in [5.74, 6) is 0.606. The summed E-state index contributed by atoms with van der Waals surface area (Å²) in [6, 6.07) is 6.89. The summed E-state index contributed by atoms with van der Waals surface area (Å²) in [5, 5.41) is 15.1. The normalized spacial score (nSPS) is 9.67. The molecule has 15 heavy (non-hydrogen) atoms. The van der Waals surface area contributed by atoms with Gasteiger partial charge in [-0.05, 0) is 29.8 Å². The van der Waals surface area contributed by atoms with Gasteiger partial charge in [0, 0.05) is 10.6 Å². The van der Waals surface area contributed by atoms with Crippen LogP contribution in [-0.2, 0) is 0 Å². The molecule has 0 aliphatic heterocycles. The number of aromatic nitrogens is 4. The molecule has 1 aromatic carbocycles. The SMILES string of the molecule is Cc1nnn(-c2ccc(N=[N+]=[N-])cc2)n1. The molecule has 2 rings (SSSR count). The van der Waals surface area contributed by atoms with E-state index in [1.165, 1.54) is 4.80 Å². The first kappa shape index (κ1) is 9.17. The molecule has 0 aliphatic carbocycles. The third-order valence-corrected chi connectivity index (χ3v) is 1.75. The van der Waals surface area contributed by atoms with Crippen LogP contribution in [0.2, 0.25) is 0 Å². The molecule has 0 spiro atoms. The minimum atomic E-state index is 0.554. The summed E-state index contributed by atoms with van der Waals surface area (Å²) in [6.07, 6.45) is 0. The Labute approximate surface area is 85.0 Å². The molecular formula is C8H7N7. The van der Waals surface area contributed by atoms with E-state index in [1.807, 2.05) is 0 Å². The van der Waals surface area contributed by atoms with E-state index in [0.29, 0.717) is 11.5 Å². The Hall–Kier alpha value is -2.40. The average Bonchev–Trinajstić information content (AvgIpc) is 2.67. The highest BCUT2D eigenvalue weighted by Crippen LogP contribution is 2.14. The monoisotopic (exact) mass is 201 g/mol. The van der Waals surface area contributed by atoms with Gasteiger partial charge in [-0.2, -0.15) is 0 Å². The zero-order valence-corrected chi connectivity index (χ0v) is 7.94. The molecule has 1 heterocycles.